The number of nitrogens with zero attached hydrogens (tertiary/aromatic N) is 4. The number of carboxylic acid groups (broad SMARTS) is 1. The lowest BCUT2D eigenvalue weighted by Crippen LogP contribution is -2.26. The SMILES string of the molecule is CCCCCCCCCCc1ccc(Nc2ccc(-c3noc([C@@H]4CCN(C(=O)O)C4)n3)cn2)cc1. The monoisotopic (exact) mass is 491 g/mol. The van der Waals surface area contributed by atoms with Crippen molar-refractivity contribution < 1.29 is 14.4 Å². The third-order valence-electron chi connectivity index (χ3n) is 6.82. The van der Waals surface area contributed by atoms with Crippen molar-refractivity contribution in [2.75, 3.05) is 18.4 Å². The quantitative estimate of drug-likeness (QED) is 0.247. The summed E-state index contributed by atoms with van der Waals surface area (Å²) in [6.07, 6.45) is 13.3. The van der Waals surface area contributed by atoms with Crippen LogP contribution in [0.25, 0.3) is 11.4 Å². The summed E-state index contributed by atoms with van der Waals surface area (Å²) in [6, 6.07) is 12.4. The van der Waals surface area contributed by atoms with E-state index in [4.69, 9.17) is 9.63 Å². The third-order valence-corrected chi connectivity index (χ3v) is 6.82. The van der Waals surface area contributed by atoms with Crippen molar-refractivity contribution in [3.05, 3.63) is 54.0 Å². The Morgan fingerprint density at radius 3 is 2.47 bits per heavy atom. The molecule has 2 N–H and O–H groups in total. The third kappa shape index (κ3) is 7.29. The molecule has 0 aliphatic carbocycles. The maximum Gasteiger partial charge on any atom is 0.407 e. The van der Waals surface area contributed by atoms with E-state index in [9.17, 15) is 4.79 Å². The Morgan fingerprint density at radius 1 is 1.06 bits per heavy atom. The van der Waals surface area contributed by atoms with Crippen LogP contribution < -0.4 is 5.32 Å². The Balaban J connectivity index is 1.22. The first-order chi connectivity index (χ1) is 17.6. The number of nitrogens with one attached hydrogen (secondary N) is 1. The normalized spacial score (nSPS) is 15.4. The van der Waals surface area contributed by atoms with Gasteiger partial charge in [-0.2, -0.15) is 4.98 Å². The molecule has 0 radical (unpaired) electrons. The zero-order chi connectivity index (χ0) is 25.2. The molecule has 0 saturated carbocycles. The molecular weight excluding hydrogens is 454 g/mol. The summed E-state index contributed by atoms with van der Waals surface area (Å²) in [5, 5.41) is 16.5. The van der Waals surface area contributed by atoms with E-state index in [2.05, 4.69) is 51.6 Å². The fourth-order valence-electron chi connectivity index (χ4n) is 4.62. The molecule has 0 unspecified atom stereocenters. The number of aryl methyl sites for hydroxylation is 1. The number of carbonyl (C=O) groups is 1. The lowest BCUT2D eigenvalue weighted by atomic mass is 10.0. The van der Waals surface area contributed by atoms with Crippen LogP contribution in [0.4, 0.5) is 16.3 Å². The predicted octanol–water partition coefficient (Wildman–Crippen LogP) is 7.03. The van der Waals surface area contributed by atoms with Crippen molar-refractivity contribution in [2.24, 2.45) is 0 Å². The van der Waals surface area contributed by atoms with Crippen molar-refractivity contribution in [2.45, 2.75) is 77.0 Å². The molecule has 1 aromatic carbocycles. The fourth-order valence-corrected chi connectivity index (χ4v) is 4.62. The summed E-state index contributed by atoms with van der Waals surface area (Å²) in [7, 11) is 0. The second kappa shape index (κ2) is 13.0. The second-order valence-electron chi connectivity index (χ2n) is 9.65. The van der Waals surface area contributed by atoms with E-state index in [1.807, 2.05) is 12.1 Å². The number of rotatable bonds is 13. The number of unbranched alkanes of at least 4 members (excludes halogenated alkanes) is 7. The van der Waals surface area contributed by atoms with Crippen LogP contribution in [0.2, 0.25) is 0 Å². The molecule has 1 aliphatic heterocycles. The topological polar surface area (TPSA) is 104 Å². The summed E-state index contributed by atoms with van der Waals surface area (Å²) in [4.78, 5) is 21.5. The molecule has 1 atom stereocenters. The van der Waals surface area contributed by atoms with E-state index in [1.54, 1.807) is 6.20 Å². The lowest BCUT2D eigenvalue weighted by molar-refractivity contribution is 0.154. The molecule has 1 saturated heterocycles. The van der Waals surface area contributed by atoms with Crippen LogP contribution in [-0.2, 0) is 6.42 Å². The van der Waals surface area contributed by atoms with Gasteiger partial charge in [0.05, 0.1) is 5.92 Å². The molecule has 4 rings (SSSR count). The molecule has 1 fully saturated rings. The van der Waals surface area contributed by atoms with Gasteiger partial charge in [0.15, 0.2) is 0 Å². The Bertz CT molecular complexity index is 1080. The maximum absolute atomic E-state index is 11.1. The standard InChI is InChI=1S/C28H37N5O3/c1-2-3-4-5-6-7-8-9-10-21-11-14-24(15-12-21)30-25-16-13-22(19-29-25)26-31-27(36-32-26)23-17-18-33(20-23)28(34)35/h11-16,19,23H,2-10,17-18,20H2,1H3,(H,29,30)(H,34,35)/t23-/m1/s1. The van der Waals surface area contributed by atoms with E-state index in [0.717, 1.165) is 23.5 Å². The van der Waals surface area contributed by atoms with Crippen LogP contribution in [0.1, 0.15) is 82.1 Å². The number of hydrogen-bond donors (Lipinski definition) is 2. The molecule has 0 spiro atoms. The van der Waals surface area contributed by atoms with Crippen LogP contribution in [0.15, 0.2) is 47.1 Å². The summed E-state index contributed by atoms with van der Waals surface area (Å²) in [6.45, 7) is 3.13. The predicted molar refractivity (Wildman–Crippen MR) is 141 cm³/mol. The van der Waals surface area contributed by atoms with Gasteiger partial charge >= 0.3 is 6.09 Å². The smallest absolute Gasteiger partial charge is 0.407 e. The fraction of sp³-hybridized carbons (Fsp3) is 0.500. The van der Waals surface area contributed by atoms with Gasteiger partial charge in [-0.15, -0.1) is 0 Å². The lowest BCUT2D eigenvalue weighted by Gasteiger charge is -2.09. The first-order valence-electron chi connectivity index (χ1n) is 13.3. The number of benzene rings is 1. The van der Waals surface area contributed by atoms with Crippen molar-refractivity contribution in [3.8, 4) is 11.4 Å². The van der Waals surface area contributed by atoms with Crippen molar-refractivity contribution in [3.63, 3.8) is 0 Å². The van der Waals surface area contributed by atoms with Gasteiger partial charge in [-0.25, -0.2) is 9.78 Å². The second-order valence-corrected chi connectivity index (χ2v) is 9.65. The minimum atomic E-state index is -0.914. The minimum absolute atomic E-state index is 0.0604. The van der Waals surface area contributed by atoms with Gasteiger partial charge in [-0.05, 0) is 49.1 Å². The van der Waals surface area contributed by atoms with E-state index in [0.29, 0.717) is 31.2 Å². The van der Waals surface area contributed by atoms with Crippen LogP contribution >= 0.6 is 0 Å². The van der Waals surface area contributed by atoms with Gasteiger partial charge in [0.25, 0.3) is 0 Å². The van der Waals surface area contributed by atoms with Gasteiger partial charge in [0, 0.05) is 30.5 Å². The average molecular weight is 492 g/mol. The number of pyridine rings is 1. The van der Waals surface area contributed by atoms with Gasteiger partial charge in [-0.1, -0.05) is 69.2 Å². The Hall–Kier alpha value is -3.42. The van der Waals surface area contributed by atoms with Crippen molar-refractivity contribution in [1.29, 1.82) is 0 Å². The average Bonchev–Trinajstić information content (AvgIpc) is 3.58. The van der Waals surface area contributed by atoms with Crippen LogP contribution in [0, 0.1) is 0 Å². The molecule has 8 nitrogen and oxygen atoms in total. The van der Waals surface area contributed by atoms with Crippen LogP contribution in [0.3, 0.4) is 0 Å². The highest BCUT2D eigenvalue weighted by molar-refractivity contribution is 5.65. The van der Waals surface area contributed by atoms with Gasteiger partial charge < -0.3 is 19.8 Å². The van der Waals surface area contributed by atoms with Crippen LogP contribution in [-0.4, -0.2) is 44.3 Å². The highest BCUT2D eigenvalue weighted by Crippen LogP contribution is 2.28. The maximum atomic E-state index is 11.1. The van der Waals surface area contributed by atoms with Crippen molar-refractivity contribution in [1.82, 2.24) is 20.0 Å². The molecule has 3 aromatic rings. The summed E-state index contributed by atoms with van der Waals surface area (Å²) in [5.74, 6) is 1.62. The number of likely N-dealkylation sites (tertiary alicyclic amines) is 1. The zero-order valence-corrected chi connectivity index (χ0v) is 21.2. The molecule has 1 amide bonds. The highest BCUT2D eigenvalue weighted by Gasteiger charge is 2.31. The number of hydrogen-bond acceptors (Lipinski definition) is 6. The number of anilines is 2. The zero-order valence-electron chi connectivity index (χ0n) is 21.2. The minimum Gasteiger partial charge on any atom is -0.465 e. The Kier molecular flexibility index (Phi) is 9.30. The molecule has 1 aliphatic rings. The van der Waals surface area contributed by atoms with E-state index < -0.39 is 6.09 Å². The highest BCUT2D eigenvalue weighted by atomic mass is 16.5. The molecule has 3 heterocycles. The van der Waals surface area contributed by atoms with Gasteiger partial charge in [0.2, 0.25) is 11.7 Å². The van der Waals surface area contributed by atoms with Crippen molar-refractivity contribution >= 4 is 17.6 Å². The van der Waals surface area contributed by atoms with E-state index in [-0.39, 0.29) is 5.92 Å². The molecular formula is C28H37N5O3. The molecule has 8 heteroatoms. The molecule has 0 bridgehead atoms. The first kappa shape index (κ1) is 25.7. The summed E-state index contributed by atoms with van der Waals surface area (Å²) < 4.78 is 5.41. The summed E-state index contributed by atoms with van der Waals surface area (Å²) >= 11 is 0. The summed E-state index contributed by atoms with van der Waals surface area (Å²) in [5.41, 5.74) is 3.13. The van der Waals surface area contributed by atoms with Crippen LogP contribution in [0.5, 0.6) is 0 Å². The van der Waals surface area contributed by atoms with Gasteiger partial charge in [0.1, 0.15) is 5.82 Å². The van der Waals surface area contributed by atoms with E-state index >= 15 is 0 Å². The Morgan fingerprint density at radius 2 is 1.81 bits per heavy atom. The van der Waals surface area contributed by atoms with Gasteiger partial charge in [-0.3, -0.25) is 0 Å². The largest absolute Gasteiger partial charge is 0.465 e. The molecule has 2 aromatic heterocycles. The molecule has 36 heavy (non-hydrogen) atoms. The first-order valence-corrected chi connectivity index (χ1v) is 13.3. The molecule has 192 valence electrons. The Labute approximate surface area is 213 Å². The van der Waals surface area contributed by atoms with E-state index in [1.165, 1.54) is 61.8 Å². The number of aromatic nitrogens is 3. The number of amides is 1.